The van der Waals surface area contributed by atoms with Gasteiger partial charge in [-0.1, -0.05) is 12.1 Å². The molecule has 2 amide bonds. The zero-order valence-electron chi connectivity index (χ0n) is 17.1. The van der Waals surface area contributed by atoms with Crippen molar-refractivity contribution in [2.75, 3.05) is 13.1 Å². The number of nitrogens with one attached hydrogen (secondary N) is 2. The average molecular weight is 409 g/mol. The number of fused-ring (bicyclic) bond motifs is 5. The van der Waals surface area contributed by atoms with Gasteiger partial charge < -0.3 is 10.3 Å². The Morgan fingerprint density at radius 2 is 1.80 bits per heavy atom. The van der Waals surface area contributed by atoms with Crippen molar-refractivity contribution in [1.82, 2.24) is 19.8 Å². The molecule has 3 fully saturated rings. The molecule has 2 bridgehead atoms. The minimum atomic E-state index is -0.0467. The van der Waals surface area contributed by atoms with Crippen molar-refractivity contribution in [3.05, 3.63) is 34.2 Å². The van der Waals surface area contributed by atoms with Gasteiger partial charge in [-0.05, 0) is 68.5 Å². The molecule has 3 heterocycles. The molecule has 1 aromatic heterocycles. The van der Waals surface area contributed by atoms with Crippen LogP contribution < -0.4 is 11.0 Å². The summed E-state index contributed by atoms with van der Waals surface area (Å²) in [5.41, 5.74) is 3.10. The van der Waals surface area contributed by atoms with Crippen molar-refractivity contribution in [3.8, 4) is 0 Å². The number of imide groups is 1. The van der Waals surface area contributed by atoms with Gasteiger partial charge in [0.2, 0.25) is 11.8 Å². The number of aromatic nitrogens is 2. The maximum Gasteiger partial charge on any atom is 0.326 e. The molecule has 6 rings (SSSR count). The first kappa shape index (κ1) is 18.4. The summed E-state index contributed by atoms with van der Waals surface area (Å²) >= 11 is 0. The van der Waals surface area contributed by atoms with Gasteiger partial charge in [-0.2, -0.15) is 0 Å². The summed E-state index contributed by atoms with van der Waals surface area (Å²) in [5, 5.41) is 3.57. The molecule has 2 N–H and O–H groups in total. The van der Waals surface area contributed by atoms with Crippen molar-refractivity contribution in [3.63, 3.8) is 0 Å². The summed E-state index contributed by atoms with van der Waals surface area (Å²) in [7, 11) is 0. The second-order valence-electron chi connectivity index (χ2n) is 9.63. The number of H-pyrrole nitrogens is 1. The zero-order valence-corrected chi connectivity index (χ0v) is 17.1. The lowest BCUT2D eigenvalue weighted by atomic mass is 9.81. The van der Waals surface area contributed by atoms with Crippen molar-refractivity contribution < 1.29 is 9.59 Å². The number of hydrogen-bond acceptors (Lipinski definition) is 4. The Morgan fingerprint density at radius 1 is 1.03 bits per heavy atom. The number of para-hydroxylation sites is 1. The first-order chi connectivity index (χ1) is 14.6. The van der Waals surface area contributed by atoms with Crippen LogP contribution in [-0.4, -0.2) is 45.4 Å². The Labute approximate surface area is 174 Å². The zero-order chi connectivity index (χ0) is 20.4. The highest BCUT2D eigenvalue weighted by Gasteiger charge is 2.60. The van der Waals surface area contributed by atoms with Gasteiger partial charge in [-0.15, -0.1) is 0 Å². The number of rotatable bonds is 6. The Hall–Kier alpha value is -2.41. The third-order valence-electron chi connectivity index (χ3n) is 8.01. The van der Waals surface area contributed by atoms with Crippen molar-refractivity contribution in [2.24, 2.45) is 23.7 Å². The van der Waals surface area contributed by atoms with Gasteiger partial charge in [0.25, 0.3) is 0 Å². The number of imidazole rings is 1. The predicted molar refractivity (Wildman–Crippen MR) is 112 cm³/mol. The van der Waals surface area contributed by atoms with Crippen molar-refractivity contribution in [2.45, 2.75) is 51.1 Å². The lowest BCUT2D eigenvalue weighted by molar-refractivity contribution is -0.140. The van der Waals surface area contributed by atoms with Crippen LogP contribution in [0, 0.1) is 23.7 Å². The highest BCUT2D eigenvalue weighted by atomic mass is 16.2. The molecule has 0 radical (unpaired) electrons. The molecule has 2 aromatic rings. The number of aromatic amines is 1. The smallest absolute Gasteiger partial charge is 0.312 e. The van der Waals surface area contributed by atoms with E-state index >= 15 is 0 Å². The fourth-order valence-corrected chi connectivity index (χ4v) is 6.71. The van der Waals surface area contributed by atoms with Crippen LogP contribution in [0.5, 0.6) is 0 Å². The quantitative estimate of drug-likeness (QED) is 0.562. The highest BCUT2D eigenvalue weighted by Crippen LogP contribution is 2.56. The van der Waals surface area contributed by atoms with Gasteiger partial charge in [-0.3, -0.25) is 19.1 Å². The van der Waals surface area contributed by atoms with Crippen LogP contribution in [0.4, 0.5) is 0 Å². The summed E-state index contributed by atoms with van der Waals surface area (Å²) in [6.07, 6.45) is 5.99. The van der Waals surface area contributed by atoms with Gasteiger partial charge >= 0.3 is 5.69 Å². The van der Waals surface area contributed by atoms with Crippen LogP contribution in [0.3, 0.4) is 0 Å². The van der Waals surface area contributed by atoms with Gasteiger partial charge in [0, 0.05) is 19.1 Å². The third-order valence-corrected chi connectivity index (χ3v) is 8.01. The number of carbonyl (C=O) groups excluding carboxylic acids is 2. The topological polar surface area (TPSA) is 87.2 Å². The lowest BCUT2D eigenvalue weighted by Crippen LogP contribution is -2.41. The molecule has 5 unspecified atom stereocenters. The van der Waals surface area contributed by atoms with Crippen molar-refractivity contribution in [1.29, 1.82) is 0 Å². The highest BCUT2D eigenvalue weighted by molar-refractivity contribution is 6.06. The van der Waals surface area contributed by atoms with E-state index in [0.29, 0.717) is 24.9 Å². The van der Waals surface area contributed by atoms with E-state index in [1.807, 2.05) is 16.7 Å². The second-order valence-corrected chi connectivity index (χ2v) is 9.63. The van der Waals surface area contributed by atoms with E-state index in [2.05, 4.69) is 16.4 Å². The molecule has 7 heteroatoms. The molecule has 1 aromatic carbocycles. The minimum absolute atomic E-state index is 0.00631. The summed E-state index contributed by atoms with van der Waals surface area (Å²) in [5.74, 6) is 1.11. The number of unbranched alkanes of at least 4 members (excludes halogenated alkanes) is 1. The Morgan fingerprint density at radius 3 is 2.57 bits per heavy atom. The van der Waals surface area contributed by atoms with Crippen LogP contribution >= 0.6 is 0 Å². The molecule has 0 spiro atoms. The van der Waals surface area contributed by atoms with Gasteiger partial charge in [-0.25, -0.2) is 4.79 Å². The van der Waals surface area contributed by atoms with Crippen LogP contribution in [-0.2, 0) is 22.6 Å². The maximum absolute atomic E-state index is 12.8. The Balaban J connectivity index is 1.01. The van der Waals surface area contributed by atoms with E-state index in [1.165, 1.54) is 5.56 Å². The number of amides is 2. The first-order valence-corrected chi connectivity index (χ1v) is 11.4. The van der Waals surface area contributed by atoms with E-state index in [-0.39, 0.29) is 35.4 Å². The Bertz CT molecular complexity index is 1060. The maximum atomic E-state index is 12.8. The number of benzene rings is 1. The van der Waals surface area contributed by atoms with Gasteiger partial charge in [0.15, 0.2) is 0 Å². The number of nitrogens with zero attached hydrogens (tertiary/aromatic N) is 2. The Kier molecular flexibility index (Phi) is 4.17. The van der Waals surface area contributed by atoms with Crippen LogP contribution in [0.1, 0.15) is 37.7 Å². The number of hydrogen-bond donors (Lipinski definition) is 2. The van der Waals surface area contributed by atoms with Gasteiger partial charge in [0.05, 0.1) is 22.9 Å². The van der Waals surface area contributed by atoms with E-state index in [1.54, 1.807) is 4.90 Å². The fourth-order valence-electron chi connectivity index (χ4n) is 6.71. The summed E-state index contributed by atoms with van der Waals surface area (Å²) < 4.78 is 1.83. The SMILES string of the molecule is O=C1C2C3CCC(C3)C2C(=O)N1CCCCNC1Cc2cccc3[nH]c(=O)n(c23)C1. The lowest BCUT2D eigenvalue weighted by Gasteiger charge is -2.25. The van der Waals surface area contributed by atoms with Crippen LogP contribution in [0.2, 0.25) is 0 Å². The number of carbonyl (C=O) groups is 2. The standard InChI is InChI=1S/C23H28N4O3/c28-21-18-13-6-7-14(10-13)19(18)22(29)26(21)9-2-1-8-24-16-11-15-4-3-5-17-20(15)27(12-16)23(30)25-17/h3-5,13-14,16,18-19,24H,1-2,6-12H2,(H,25,30). The van der Waals surface area contributed by atoms with Gasteiger partial charge in [0.1, 0.15) is 0 Å². The summed E-state index contributed by atoms with van der Waals surface area (Å²) in [6, 6.07) is 6.26. The first-order valence-electron chi connectivity index (χ1n) is 11.4. The summed E-state index contributed by atoms with van der Waals surface area (Å²) in [6.45, 7) is 2.05. The largest absolute Gasteiger partial charge is 0.326 e. The molecule has 2 aliphatic heterocycles. The third kappa shape index (κ3) is 2.64. The molecule has 1 saturated heterocycles. The van der Waals surface area contributed by atoms with E-state index in [9.17, 15) is 14.4 Å². The molecule has 30 heavy (non-hydrogen) atoms. The molecule has 2 aliphatic carbocycles. The van der Waals surface area contributed by atoms with E-state index in [4.69, 9.17) is 0 Å². The molecule has 7 nitrogen and oxygen atoms in total. The molecular formula is C23H28N4O3. The second kappa shape index (κ2) is 6.80. The van der Waals surface area contributed by atoms with Crippen molar-refractivity contribution >= 4 is 22.8 Å². The summed E-state index contributed by atoms with van der Waals surface area (Å²) in [4.78, 5) is 42.3. The predicted octanol–water partition coefficient (Wildman–Crippen LogP) is 1.66. The molecule has 4 aliphatic rings. The van der Waals surface area contributed by atoms with Crippen LogP contribution in [0.15, 0.2) is 23.0 Å². The molecular weight excluding hydrogens is 380 g/mol. The molecule has 158 valence electrons. The minimum Gasteiger partial charge on any atom is -0.312 e. The molecule has 5 atom stereocenters. The number of likely N-dealkylation sites (tertiary alicyclic amines) is 1. The van der Waals surface area contributed by atoms with Crippen LogP contribution in [0.25, 0.3) is 11.0 Å². The monoisotopic (exact) mass is 408 g/mol. The van der Waals surface area contributed by atoms with E-state index < -0.39 is 0 Å². The molecule has 2 saturated carbocycles. The van der Waals surface area contributed by atoms with E-state index in [0.717, 1.165) is 56.1 Å². The normalized spacial score (nSPS) is 31.9. The fraction of sp³-hybridized carbons (Fsp3) is 0.609. The average Bonchev–Trinajstić information content (AvgIpc) is 3.48.